The molecule has 0 fully saturated rings. The average Bonchev–Trinajstić information content (AvgIpc) is 2.30. The first kappa shape index (κ1) is 7.61. The average molecular weight is 183 g/mol. The molecule has 2 aromatic rings. The van der Waals surface area contributed by atoms with Crippen LogP contribution in [0.2, 0.25) is 0 Å². The van der Waals surface area contributed by atoms with E-state index in [1.807, 2.05) is 0 Å². The quantitative estimate of drug-likeness (QED) is 0.635. The minimum atomic E-state index is -0.274. The molecule has 0 aliphatic rings. The van der Waals surface area contributed by atoms with Crippen LogP contribution in [0.5, 0.6) is 0 Å². The summed E-state index contributed by atoms with van der Waals surface area (Å²) in [5.74, 6) is -0.274. The first-order chi connectivity index (χ1) is 5.66. The van der Waals surface area contributed by atoms with Crippen LogP contribution in [0.4, 0.5) is 4.39 Å². The molecule has 1 heterocycles. The van der Waals surface area contributed by atoms with Crippen LogP contribution < -0.4 is 0 Å². The number of aryl methyl sites for hydroxylation is 1. The summed E-state index contributed by atoms with van der Waals surface area (Å²) in [5, 5.41) is 0.259. The van der Waals surface area contributed by atoms with Gasteiger partial charge in [-0.25, -0.2) is 9.37 Å². The van der Waals surface area contributed by atoms with Crippen molar-refractivity contribution in [2.24, 2.45) is 0 Å². The summed E-state index contributed by atoms with van der Waals surface area (Å²) in [7, 11) is 0. The van der Waals surface area contributed by atoms with E-state index in [9.17, 15) is 4.39 Å². The molecular weight excluding hydrogens is 177 g/mol. The minimum absolute atomic E-state index is 0.259. The maximum absolute atomic E-state index is 13.0. The molecule has 1 aromatic carbocycles. The number of hydrogen-bond donors (Lipinski definition) is 1. The van der Waals surface area contributed by atoms with Crippen molar-refractivity contribution in [2.75, 3.05) is 0 Å². The van der Waals surface area contributed by atoms with Crippen molar-refractivity contribution in [2.45, 2.75) is 12.1 Å². The Morgan fingerprint density at radius 1 is 1.50 bits per heavy atom. The van der Waals surface area contributed by atoms with E-state index in [1.54, 1.807) is 13.0 Å². The first-order valence-electron chi connectivity index (χ1n) is 3.42. The highest BCUT2D eigenvalue weighted by molar-refractivity contribution is 7.80. The Morgan fingerprint density at radius 2 is 2.25 bits per heavy atom. The Morgan fingerprint density at radius 3 is 3.00 bits per heavy atom. The zero-order chi connectivity index (χ0) is 8.72. The van der Waals surface area contributed by atoms with Crippen LogP contribution in [0.1, 0.15) is 5.56 Å². The molecule has 0 unspecified atom stereocenters. The molecule has 0 N–H and O–H groups in total. The smallest absolute Gasteiger partial charge is 0.253 e. The highest BCUT2D eigenvalue weighted by atomic mass is 32.1. The van der Waals surface area contributed by atoms with Gasteiger partial charge < -0.3 is 4.42 Å². The molecule has 12 heavy (non-hydrogen) atoms. The molecule has 1 aromatic heterocycles. The fourth-order valence-corrected chi connectivity index (χ4v) is 1.24. The van der Waals surface area contributed by atoms with Gasteiger partial charge in [0.05, 0.1) is 0 Å². The monoisotopic (exact) mass is 183 g/mol. The number of rotatable bonds is 0. The molecule has 0 aliphatic heterocycles. The van der Waals surface area contributed by atoms with Gasteiger partial charge in [0, 0.05) is 6.07 Å². The summed E-state index contributed by atoms with van der Waals surface area (Å²) in [4.78, 5) is 3.87. The molecule has 62 valence electrons. The Balaban J connectivity index is 2.83. The SMILES string of the molecule is Cc1cc2oc(S)nc2cc1F. The van der Waals surface area contributed by atoms with Crippen LogP contribution in [0.15, 0.2) is 21.8 Å². The van der Waals surface area contributed by atoms with Crippen molar-refractivity contribution < 1.29 is 8.81 Å². The number of benzene rings is 1. The van der Waals surface area contributed by atoms with Crippen LogP contribution in [0.25, 0.3) is 11.1 Å². The van der Waals surface area contributed by atoms with Gasteiger partial charge in [-0.2, -0.15) is 0 Å². The van der Waals surface area contributed by atoms with Gasteiger partial charge in [-0.1, -0.05) is 12.6 Å². The normalized spacial score (nSPS) is 10.9. The topological polar surface area (TPSA) is 26.0 Å². The van der Waals surface area contributed by atoms with Crippen LogP contribution in [0.3, 0.4) is 0 Å². The minimum Gasteiger partial charge on any atom is -0.432 e. The van der Waals surface area contributed by atoms with Gasteiger partial charge >= 0.3 is 0 Å². The summed E-state index contributed by atoms with van der Waals surface area (Å²) in [6.45, 7) is 1.68. The van der Waals surface area contributed by atoms with Gasteiger partial charge in [0.2, 0.25) is 0 Å². The number of aromatic nitrogens is 1. The molecular formula is C8H6FNOS. The van der Waals surface area contributed by atoms with Crippen LogP contribution in [0, 0.1) is 12.7 Å². The molecule has 0 aliphatic carbocycles. The molecule has 0 saturated carbocycles. The third-order valence-corrected chi connectivity index (χ3v) is 1.85. The molecule has 2 rings (SSSR count). The van der Waals surface area contributed by atoms with Crippen molar-refractivity contribution in [3.8, 4) is 0 Å². The van der Waals surface area contributed by atoms with E-state index in [2.05, 4.69) is 17.6 Å². The molecule has 0 amide bonds. The number of halogens is 1. The van der Waals surface area contributed by atoms with Crippen LogP contribution in [-0.2, 0) is 0 Å². The number of oxazole rings is 1. The van der Waals surface area contributed by atoms with Crippen molar-refractivity contribution in [3.63, 3.8) is 0 Å². The summed E-state index contributed by atoms with van der Waals surface area (Å²) in [6, 6.07) is 2.95. The van der Waals surface area contributed by atoms with Gasteiger partial charge in [-0.3, -0.25) is 0 Å². The predicted molar refractivity (Wildman–Crippen MR) is 46.0 cm³/mol. The molecule has 0 atom stereocenters. The predicted octanol–water partition coefficient (Wildman–Crippen LogP) is 2.56. The second kappa shape index (κ2) is 2.48. The Kier molecular flexibility index (Phi) is 1.58. The lowest BCUT2D eigenvalue weighted by Gasteiger charge is -1.92. The van der Waals surface area contributed by atoms with Gasteiger partial charge in [-0.05, 0) is 18.6 Å². The van der Waals surface area contributed by atoms with Gasteiger partial charge in [-0.15, -0.1) is 0 Å². The van der Waals surface area contributed by atoms with E-state index in [0.717, 1.165) is 0 Å². The Hall–Kier alpha value is -1.03. The second-order valence-corrected chi connectivity index (χ2v) is 2.95. The zero-order valence-electron chi connectivity index (χ0n) is 6.34. The Labute approximate surface area is 73.8 Å². The third kappa shape index (κ3) is 1.08. The molecule has 0 radical (unpaired) electrons. The van der Waals surface area contributed by atoms with E-state index in [0.29, 0.717) is 16.7 Å². The maximum atomic E-state index is 13.0. The number of nitrogens with zero attached hydrogens (tertiary/aromatic N) is 1. The fourth-order valence-electron chi connectivity index (χ4n) is 1.04. The zero-order valence-corrected chi connectivity index (χ0v) is 7.23. The maximum Gasteiger partial charge on any atom is 0.253 e. The summed E-state index contributed by atoms with van der Waals surface area (Å²) < 4.78 is 18.0. The molecule has 0 saturated heterocycles. The van der Waals surface area contributed by atoms with Gasteiger partial charge in [0.25, 0.3) is 5.22 Å². The highest BCUT2D eigenvalue weighted by Gasteiger charge is 2.05. The van der Waals surface area contributed by atoms with Crippen LogP contribution in [-0.4, -0.2) is 4.98 Å². The second-order valence-electron chi connectivity index (χ2n) is 2.57. The van der Waals surface area contributed by atoms with Crippen molar-refractivity contribution in [1.29, 1.82) is 0 Å². The summed E-state index contributed by atoms with van der Waals surface area (Å²) in [5.41, 5.74) is 1.62. The lowest BCUT2D eigenvalue weighted by atomic mass is 10.2. The lowest BCUT2D eigenvalue weighted by Crippen LogP contribution is -1.80. The molecule has 4 heteroatoms. The van der Waals surface area contributed by atoms with E-state index >= 15 is 0 Å². The number of fused-ring (bicyclic) bond motifs is 1. The van der Waals surface area contributed by atoms with E-state index in [4.69, 9.17) is 4.42 Å². The van der Waals surface area contributed by atoms with E-state index in [-0.39, 0.29) is 11.0 Å². The van der Waals surface area contributed by atoms with Crippen LogP contribution >= 0.6 is 12.6 Å². The fraction of sp³-hybridized carbons (Fsp3) is 0.125. The summed E-state index contributed by atoms with van der Waals surface area (Å²) in [6.07, 6.45) is 0. The largest absolute Gasteiger partial charge is 0.432 e. The number of hydrogen-bond acceptors (Lipinski definition) is 3. The lowest BCUT2D eigenvalue weighted by molar-refractivity contribution is 0.491. The molecule has 0 bridgehead atoms. The van der Waals surface area contributed by atoms with Crippen molar-refractivity contribution in [3.05, 3.63) is 23.5 Å². The molecule has 2 nitrogen and oxygen atoms in total. The van der Waals surface area contributed by atoms with E-state index in [1.165, 1.54) is 6.07 Å². The van der Waals surface area contributed by atoms with Crippen molar-refractivity contribution >= 4 is 23.7 Å². The first-order valence-corrected chi connectivity index (χ1v) is 3.87. The Bertz CT molecular complexity index is 399. The standard InChI is InChI=1S/C8H6FNOS/c1-4-2-7-6(3-5(4)9)10-8(12)11-7/h2-3H,1H3,(H,10,12). The highest BCUT2D eigenvalue weighted by Crippen LogP contribution is 2.20. The van der Waals surface area contributed by atoms with Crippen molar-refractivity contribution in [1.82, 2.24) is 4.98 Å². The van der Waals surface area contributed by atoms with E-state index < -0.39 is 0 Å². The molecule has 0 spiro atoms. The third-order valence-electron chi connectivity index (χ3n) is 1.66. The van der Waals surface area contributed by atoms with Gasteiger partial charge in [0.15, 0.2) is 5.58 Å². The summed E-state index contributed by atoms with van der Waals surface area (Å²) >= 11 is 3.91. The number of thiol groups is 1. The van der Waals surface area contributed by atoms with Gasteiger partial charge in [0.1, 0.15) is 11.3 Å².